The minimum Gasteiger partial charge on any atom is -0.320 e. The molecule has 0 aromatic heterocycles. The molecule has 1 fully saturated rings. The van der Waals surface area contributed by atoms with Crippen LogP contribution in [0.4, 0.5) is 0 Å². The topological polar surface area (TPSA) is 78.5 Å². The van der Waals surface area contributed by atoms with Gasteiger partial charge in [0.15, 0.2) is 0 Å². The van der Waals surface area contributed by atoms with Crippen molar-refractivity contribution in [2.24, 2.45) is 0 Å². The Bertz CT molecular complexity index is 360. The van der Waals surface area contributed by atoms with Crippen molar-refractivity contribution in [1.82, 2.24) is 15.5 Å². The molecule has 1 aliphatic rings. The third-order valence-electron chi connectivity index (χ3n) is 2.73. The van der Waals surface area contributed by atoms with Gasteiger partial charge in [0, 0.05) is 5.54 Å². The molecule has 6 heteroatoms. The van der Waals surface area contributed by atoms with Crippen molar-refractivity contribution >= 4 is 17.7 Å². The fourth-order valence-electron chi connectivity index (χ4n) is 1.78. The summed E-state index contributed by atoms with van der Waals surface area (Å²) in [6.07, 6.45) is 0.500. The van der Waals surface area contributed by atoms with Gasteiger partial charge < -0.3 is 10.2 Å². The van der Waals surface area contributed by atoms with E-state index in [1.807, 2.05) is 27.7 Å². The standard InChI is InChI=1S/C12H21N3O3/c1-5-8-11(18)14-9(16)7-15(8)10(17)6-13-12(2,3)4/h8,13H,5-7H2,1-4H3,(H,14,16,18). The van der Waals surface area contributed by atoms with Gasteiger partial charge in [-0.25, -0.2) is 0 Å². The van der Waals surface area contributed by atoms with Crippen molar-refractivity contribution in [3.63, 3.8) is 0 Å². The number of nitrogens with zero attached hydrogens (tertiary/aromatic N) is 1. The lowest BCUT2D eigenvalue weighted by Crippen LogP contribution is -2.61. The molecule has 2 N–H and O–H groups in total. The molecule has 1 unspecified atom stereocenters. The van der Waals surface area contributed by atoms with Gasteiger partial charge in [0.05, 0.1) is 6.54 Å². The van der Waals surface area contributed by atoms with Gasteiger partial charge in [0.2, 0.25) is 17.7 Å². The molecule has 0 aliphatic carbocycles. The zero-order chi connectivity index (χ0) is 13.9. The Morgan fingerprint density at radius 3 is 2.56 bits per heavy atom. The van der Waals surface area contributed by atoms with Crippen LogP contribution < -0.4 is 10.6 Å². The fraction of sp³-hybridized carbons (Fsp3) is 0.750. The smallest absolute Gasteiger partial charge is 0.249 e. The minimum absolute atomic E-state index is 0.0467. The number of imide groups is 1. The van der Waals surface area contributed by atoms with E-state index in [9.17, 15) is 14.4 Å². The van der Waals surface area contributed by atoms with Crippen LogP contribution in [-0.2, 0) is 14.4 Å². The number of hydrogen-bond donors (Lipinski definition) is 2. The molecular weight excluding hydrogens is 234 g/mol. The summed E-state index contributed by atoms with van der Waals surface area (Å²) >= 11 is 0. The maximum atomic E-state index is 12.0. The van der Waals surface area contributed by atoms with E-state index >= 15 is 0 Å². The van der Waals surface area contributed by atoms with Gasteiger partial charge in [0.25, 0.3) is 0 Å². The Morgan fingerprint density at radius 2 is 2.06 bits per heavy atom. The highest BCUT2D eigenvalue weighted by Gasteiger charge is 2.35. The lowest BCUT2D eigenvalue weighted by atomic mass is 10.1. The number of hydrogen-bond acceptors (Lipinski definition) is 4. The van der Waals surface area contributed by atoms with Crippen molar-refractivity contribution in [2.75, 3.05) is 13.1 Å². The predicted molar refractivity (Wildman–Crippen MR) is 66.7 cm³/mol. The largest absolute Gasteiger partial charge is 0.320 e. The van der Waals surface area contributed by atoms with E-state index in [2.05, 4.69) is 10.6 Å². The van der Waals surface area contributed by atoms with Crippen LogP contribution in [0.25, 0.3) is 0 Å². The lowest BCUT2D eigenvalue weighted by Gasteiger charge is -2.34. The highest BCUT2D eigenvalue weighted by Crippen LogP contribution is 2.09. The average Bonchev–Trinajstić information content (AvgIpc) is 2.24. The molecule has 1 heterocycles. The molecule has 0 saturated carbocycles. The van der Waals surface area contributed by atoms with E-state index in [4.69, 9.17) is 0 Å². The molecule has 18 heavy (non-hydrogen) atoms. The molecule has 0 aromatic carbocycles. The Morgan fingerprint density at radius 1 is 1.44 bits per heavy atom. The van der Waals surface area contributed by atoms with Crippen LogP contribution in [0.1, 0.15) is 34.1 Å². The Hall–Kier alpha value is -1.43. The van der Waals surface area contributed by atoms with Crippen LogP contribution in [0.2, 0.25) is 0 Å². The maximum absolute atomic E-state index is 12.0. The highest BCUT2D eigenvalue weighted by atomic mass is 16.2. The summed E-state index contributed by atoms with van der Waals surface area (Å²) in [5.41, 5.74) is -0.181. The third kappa shape index (κ3) is 3.80. The monoisotopic (exact) mass is 255 g/mol. The summed E-state index contributed by atoms with van der Waals surface area (Å²) in [4.78, 5) is 36.3. The van der Waals surface area contributed by atoms with Crippen molar-refractivity contribution in [2.45, 2.75) is 45.7 Å². The molecule has 3 amide bonds. The summed E-state index contributed by atoms with van der Waals surface area (Å²) in [5, 5.41) is 5.30. The number of piperazine rings is 1. The van der Waals surface area contributed by atoms with Gasteiger partial charge >= 0.3 is 0 Å². The zero-order valence-electron chi connectivity index (χ0n) is 11.4. The highest BCUT2D eigenvalue weighted by molar-refractivity contribution is 6.04. The second kappa shape index (κ2) is 5.48. The van der Waals surface area contributed by atoms with Gasteiger partial charge in [-0.1, -0.05) is 6.92 Å². The number of amides is 3. The van der Waals surface area contributed by atoms with Crippen molar-refractivity contribution < 1.29 is 14.4 Å². The van der Waals surface area contributed by atoms with E-state index in [1.54, 1.807) is 0 Å². The molecule has 1 atom stereocenters. The quantitative estimate of drug-likeness (QED) is 0.675. The first-order chi connectivity index (χ1) is 8.24. The first-order valence-electron chi connectivity index (χ1n) is 6.13. The average molecular weight is 255 g/mol. The Balaban J connectivity index is 2.69. The number of carbonyl (C=O) groups is 3. The van der Waals surface area contributed by atoms with Gasteiger partial charge in [-0.2, -0.15) is 0 Å². The first-order valence-corrected chi connectivity index (χ1v) is 6.13. The Labute approximate surface area is 107 Å². The minimum atomic E-state index is -0.544. The second-order valence-electron chi connectivity index (χ2n) is 5.46. The first kappa shape index (κ1) is 14.6. The van der Waals surface area contributed by atoms with E-state index < -0.39 is 17.9 Å². The predicted octanol–water partition coefficient (Wildman–Crippen LogP) is -0.362. The van der Waals surface area contributed by atoms with Crippen LogP contribution in [0.15, 0.2) is 0 Å². The number of carbonyl (C=O) groups excluding carboxylic acids is 3. The van der Waals surface area contributed by atoms with E-state index in [0.717, 1.165) is 0 Å². The Kier molecular flexibility index (Phi) is 4.45. The number of nitrogens with one attached hydrogen (secondary N) is 2. The molecule has 1 aliphatic heterocycles. The van der Waals surface area contributed by atoms with Crippen molar-refractivity contribution in [3.8, 4) is 0 Å². The molecule has 0 aromatic rings. The van der Waals surface area contributed by atoms with Gasteiger partial charge in [0.1, 0.15) is 12.6 Å². The van der Waals surface area contributed by atoms with Gasteiger partial charge in [-0.3, -0.25) is 19.7 Å². The number of rotatable bonds is 3. The lowest BCUT2D eigenvalue weighted by molar-refractivity contribution is -0.149. The summed E-state index contributed by atoms with van der Waals surface area (Å²) in [6.45, 7) is 7.75. The summed E-state index contributed by atoms with van der Waals surface area (Å²) in [6, 6.07) is -0.544. The van der Waals surface area contributed by atoms with Crippen molar-refractivity contribution in [1.29, 1.82) is 0 Å². The fourth-order valence-corrected chi connectivity index (χ4v) is 1.78. The summed E-state index contributed by atoms with van der Waals surface area (Å²) < 4.78 is 0. The molecular formula is C12H21N3O3. The van der Waals surface area contributed by atoms with Gasteiger partial charge in [-0.05, 0) is 27.2 Å². The van der Waals surface area contributed by atoms with E-state index in [0.29, 0.717) is 6.42 Å². The zero-order valence-corrected chi connectivity index (χ0v) is 11.4. The van der Waals surface area contributed by atoms with E-state index in [-0.39, 0.29) is 24.5 Å². The SMILES string of the molecule is CCC1C(=O)NC(=O)CN1C(=O)CNC(C)(C)C. The van der Waals surface area contributed by atoms with Crippen LogP contribution in [-0.4, -0.2) is 47.3 Å². The van der Waals surface area contributed by atoms with E-state index in [1.165, 1.54) is 4.90 Å². The second-order valence-corrected chi connectivity index (χ2v) is 5.46. The van der Waals surface area contributed by atoms with Crippen LogP contribution >= 0.6 is 0 Å². The summed E-state index contributed by atoms with van der Waals surface area (Å²) in [5.74, 6) is -1.04. The molecule has 0 bridgehead atoms. The molecule has 6 nitrogen and oxygen atoms in total. The van der Waals surface area contributed by atoms with Crippen LogP contribution in [0.5, 0.6) is 0 Å². The summed E-state index contributed by atoms with van der Waals surface area (Å²) in [7, 11) is 0. The normalized spacial score (nSPS) is 20.9. The molecule has 0 radical (unpaired) electrons. The third-order valence-corrected chi connectivity index (χ3v) is 2.73. The maximum Gasteiger partial charge on any atom is 0.249 e. The van der Waals surface area contributed by atoms with Gasteiger partial charge in [-0.15, -0.1) is 0 Å². The molecule has 1 rings (SSSR count). The van der Waals surface area contributed by atoms with Crippen molar-refractivity contribution in [3.05, 3.63) is 0 Å². The molecule has 0 spiro atoms. The molecule has 1 saturated heterocycles. The van der Waals surface area contributed by atoms with Crippen LogP contribution in [0, 0.1) is 0 Å². The molecule has 102 valence electrons. The van der Waals surface area contributed by atoms with Crippen LogP contribution in [0.3, 0.4) is 0 Å².